The van der Waals surface area contributed by atoms with E-state index in [1.807, 2.05) is 42.5 Å². The zero-order valence-electron chi connectivity index (χ0n) is 25.6. The zero-order chi connectivity index (χ0) is 30.7. The molecule has 0 saturated carbocycles. The third-order valence-electron chi connectivity index (χ3n) is 8.92. The standard InChI is InChI=1S/C35H39ClN4O4/c1-35(23-42-2)14-13-28(24-7-9-26(36)10-8-24)25(20-35)22-39-15-17-40(18-16-39)27-11-12-29(34(41)43-3)33(19-27)44-32-6-4-5-31-30(32)21-37-38-31/h4-12,19,21H,13-18,20,22-23H2,1-3H3,(H,37,38). The summed E-state index contributed by atoms with van der Waals surface area (Å²) in [5.74, 6) is 0.650. The van der Waals surface area contributed by atoms with Gasteiger partial charge in [0.2, 0.25) is 0 Å². The fraction of sp³-hybridized carbons (Fsp3) is 0.371. The minimum absolute atomic E-state index is 0.139. The number of nitrogens with zero attached hydrogens (tertiary/aromatic N) is 3. The van der Waals surface area contributed by atoms with Crippen molar-refractivity contribution in [3.63, 3.8) is 0 Å². The lowest BCUT2D eigenvalue weighted by atomic mass is 9.72. The van der Waals surface area contributed by atoms with E-state index < -0.39 is 5.97 Å². The van der Waals surface area contributed by atoms with Crippen molar-refractivity contribution in [2.75, 3.05) is 58.5 Å². The van der Waals surface area contributed by atoms with E-state index in [4.69, 9.17) is 25.8 Å². The highest BCUT2D eigenvalue weighted by atomic mass is 35.5. The Morgan fingerprint density at radius 2 is 1.82 bits per heavy atom. The van der Waals surface area contributed by atoms with Crippen molar-refractivity contribution in [2.45, 2.75) is 26.2 Å². The number of carbonyl (C=O) groups is 1. The number of methoxy groups -OCH3 is 2. The molecule has 8 nitrogen and oxygen atoms in total. The van der Waals surface area contributed by atoms with Crippen molar-refractivity contribution in [1.82, 2.24) is 15.1 Å². The lowest BCUT2D eigenvalue weighted by molar-refractivity contribution is 0.0598. The topological polar surface area (TPSA) is 79.9 Å². The molecule has 1 atom stereocenters. The second kappa shape index (κ2) is 13.0. The number of hydrogen-bond donors (Lipinski definition) is 1. The second-order valence-corrected chi connectivity index (χ2v) is 12.6. The maximum absolute atomic E-state index is 12.6. The van der Waals surface area contributed by atoms with Crippen LogP contribution in [0.1, 0.15) is 42.1 Å². The molecule has 4 aromatic rings. The number of H-pyrrole nitrogens is 1. The van der Waals surface area contributed by atoms with E-state index >= 15 is 0 Å². The van der Waals surface area contributed by atoms with Gasteiger partial charge in [0.25, 0.3) is 0 Å². The number of aromatic amines is 1. The summed E-state index contributed by atoms with van der Waals surface area (Å²) in [6, 6.07) is 19.7. The number of halogens is 1. The third-order valence-corrected chi connectivity index (χ3v) is 9.17. The first-order valence-electron chi connectivity index (χ1n) is 15.1. The lowest BCUT2D eigenvalue weighted by Crippen LogP contribution is -2.47. The van der Waals surface area contributed by atoms with Crippen molar-refractivity contribution >= 4 is 39.7 Å². The number of fused-ring (bicyclic) bond motifs is 1. The number of aromatic nitrogens is 2. The van der Waals surface area contributed by atoms with E-state index in [-0.39, 0.29) is 5.41 Å². The Kier molecular flexibility index (Phi) is 8.93. The van der Waals surface area contributed by atoms with Gasteiger partial charge in [0.05, 0.1) is 30.8 Å². The van der Waals surface area contributed by atoms with Crippen LogP contribution in [0.2, 0.25) is 5.02 Å². The van der Waals surface area contributed by atoms with E-state index in [9.17, 15) is 4.79 Å². The number of ether oxygens (including phenoxy) is 3. The lowest BCUT2D eigenvalue weighted by Gasteiger charge is -2.40. The van der Waals surface area contributed by atoms with Gasteiger partial charge in [0, 0.05) is 56.6 Å². The van der Waals surface area contributed by atoms with Crippen LogP contribution >= 0.6 is 11.6 Å². The number of rotatable bonds is 9. The first-order chi connectivity index (χ1) is 21.4. The number of carbonyl (C=O) groups excluding carboxylic acids is 1. The number of benzene rings is 3. The molecule has 1 N–H and O–H groups in total. The molecule has 2 aliphatic rings. The van der Waals surface area contributed by atoms with E-state index in [2.05, 4.69) is 39.1 Å². The van der Waals surface area contributed by atoms with Crippen LogP contribution in [-0.4, -0.2) is 74.6 Å². The molecular formula is C35H39ClN4O4. The fourth-order valence-corrected chi connectivity index (χ4v) is 6.72. The molecule has 44 heavy (non-hydrogen) atoms. The van der Waals surface area contributed by atoms with Crippen LogP contribution in [0.4, 0.5) is 5.69 Å². The number of nitrogens with one attached hydrogen (secondary N) is 1. The van der Waals surface area contributed by atoms with Crippen molar-refractivity contribution in [1.29, 1.82) is 0 Å². The first-order valence-corrected chi connectivity index (χ1v) is 15.5. The van der Waals surface area contributed by atoms with Crippen LogP contribution in [0.25, 0.3) is 16.5 Å². The molecule has 1 saturated heterocycles. The molecule has 1 aliphatic heterocycles. The summed E-state index contributed by atoms with van der Waals surface area (Å²) in [4.78, 5) is 17.5. The smallest absolute Gasteiger partial charge is 0.341 e. The van der Waals surface area contributed by atoms with Gasteiger partial charge in [-0.3, -0.25) is 10.00 Å². The molecule has 1 unspecified atom stereocenters. The van der Waals surface area contributed by atoms with E-state index in [1.54, 1.807) is 19.4 Å². The molecule has 1 aliphatic carbocycles. The number of anilines is 1. The van der Waals surface area contributed by atoms with Gasteiger partial charge in [-0.2, -0.15) is 5.10 Å². The molecule has 1 fully saturated rings. The fourth-order valence-electron chi connectivity index (χ4n) is 6.59. The molecule has 6 rings (SSSR count). The van der Waals surface area contributed by atoms with Crippen molar-refractivity contribution in [3.8, 4) is 11.5 Å². The van der Waals surface area contributed by atoms with Gasteiger partial charge in [-0.25, -0.2) is 4.79 Å². The Bertz CT molecular complexity index is 1660. The van der Waals surface area contributed by atoms with Gasteiger partial charge in [0.1, 0.15) is 17.1 Å². The molecular weight excluding hydrogens is 576 g/mol. The van der Waals surface area contributed by atoms with Gasteiger partial charge in [0.15, 0.2) is 0 Å². The van der Waals surface area contributed by atoms with Crippen LogP contribution in [0.15, 0.2) is 72.4 Å². The molecule has 0 amide bonds. The Balaban J connectivity index is 1.19. The third kappa shape index (κ3) is 6.48. The van der Waals surface area contributed by atoms with Crippen LogP contribution in [0, 0.1) is 5.41 Å². The number of piperazine rings is 1. The van der Waals surface area contributed by atoms with Gasteiger partial charge in [-0.15, -0.1) is 0 Å². The van der Waals surface area contributed by atoms with Crippen LogP contribution in [-0.2, 0) is 9.47 Å². The first kappa shape index (κ1) is 30.2. The predicted octanol–water partition coefficient (Wildman–Crippen LogP) is 7.21. The van der Waals surface area contributed by atoms with Crippen LogP contribution in [0.3, 0.4) is 0 Å². The van der Waals surface area contributed by atoms with Crippen LogP contribution in [0.5, 0.6) is 11.5 Å². The Morgan fingerprint density at radius 1 is 1.02 bits per heavy atom. The highest BCUT2D eigenvalue weighted by molar-refractivity contribution is 6.30. The monoisotopic (exact) mass is 614 g/mol. The Hall–Kier alpha value is -3.85. The normalized spacial score (nSPS) is 19.4. The molecule has 1 aromatic heterocycles. The Morgan fingerprint density at radius 3 is 2.57 bits per heavy atom. The quantitative estimate of drug-likeness (QED) is 0.200. The zero-order valence-corrected chi connectivity index (χ0v) is 26.3. The van der Waals surface area contributed by atoms with E-state index in [0.717, 1.165) is 80.2 Å². The van der Waals surface area contributed by atoms with Crippen molar-refractivity contribution in [3.05, 3.63) is 88.6 Å². The average molecular weight is 615 g/mol. The predicted molar refractivity (Wildman–Crippen MR) is 175 cm³/mol. The van der Waals surface area contributed by atoms with Gasteiger partial charge in [-0.05, 0) is 72.2 Å². The average Bonchev–Trinajstić information content (AvgIpc) is 3.52. The summed E-state index contributed by atoms with van der Waals surface area (Å²) in [5, 5.41) is 8.71. The van der Waals surface area contributed by atoms with Gasteiger partial charge >= 0.3 is 5.97 Å². The number of allylic oxidation sites excluding steroid dienone is 1. The molecule has 0 spiro atoms. The summed E-state index contributed by atoms with van der Waals surface area (Å²) in [6.07, 6.45) is 4.90. The van der Waals surface area contributed by atoms with Crippen molar-refractivity contribution < 1.29 is 19.0 Å². The summed E-state index contributed by atoms with van der Waals surface area (Å²) in [5.41, 5.74) is 6.62. The maximum Gasteiger partial charge on any atom is 0.341 e. The highest BCUT2D eigenvalue weighted by Crippen LogP contribution is 2.43. The van der Waals surface area contributed by atoms with E-state index in [1.165, 1.54) is 23.8 Å². The largest absolute Gasteiger partial charge is 0.465 e. The van der Waals surface area contributed by atoms with E-state index in [0.29, 0.717) is 17.1 Å². The highest BCUT2D eigenvalue weighted by Gasteiger charge is 2.33. The SMILES string of the molecule is COCC1(C)CCC(c2ccc(Cl)cc2)=C(CN2CCN(c3ccc(C(=O)OC)c(Oc4cccc5[nH]ncc45)c3)CC2)C1. The van der Waals surface area contributed by atoms with Gasteiger partial charge < -0.3 is 19.1 Å². The summed E-state index contributed by atoms with van der Waals surface area (Å²) in [7, 11) is 3.18. The van der Waals surface area contributed by atoms with Gasteiger partial charge in [-0.1, -0.05) is 42.3 Å². The molecule has 3 aromatic carbocycles. The summed E-state index contributed by atoms with van der Waals surface area (Å²) < 4.78 is 17.0. The molecule has 230 valence electrons. The molecule has 9 heteroatoms. The Labute approximate surface area is 263 Å². The molecule has 2 heterocycles. The summed E-state index contributed by atoms with van der Waals surface area (Å²) in [6.45, 7) is 7.65. The molecule has 0 bridgehead atoms. The minimum atomic E-state index is -0.437. The van der Waals surface area contributed by atoms with Crippen LogP contribution < -0.4 is 9.64 Å². The number of esters is 1. The second-order valence-electron chi connectivity index (χ2n) is 12.1. The van der Waals surface area contributed by atoms with Crippen molar-refractivity contribution in [2.24, 2.45) is 5.41 Å². The summed E-state index contributed by atoms with van der Waals surface area (Å²) >= 11 is 6.21. The minimum Gasteiger partial charge on any atom is -0.465 e. The maximum atomic E-state index is 12.6. The molecule has 0 radical (unpaired) electrons. The number of hydrogen-bond acceptors (Lipinski definition) is 7.